The number of amides is 1. The number of β-lactam (4-membered cyclic amide) rings is 1. The van der Waals surface area contributed by atoms with Gasteiger partial charge in [-0.05, 0) is 72.0 Å². The number of anilines is 1. The van der Waals surface area contributed by atoms with Crippen LogP contribution in [0.4, 0.5) is 10.1 Å². The molecule has 0 aromatic heterocycles. The maximum atomic E-state index is 13.8. The fourth-order valence-corrected chi connectivity index (χ4v) is 6.27. The van der Waals surface area contributed by atoms with Gasteiger partial charge in [0.05, 0.1) is 18.1 Å². The molecule has 4 aromatic carbocycles. The van der Waals surface area contributed by atoms with Crippen LogP contribution in [0.3, 0.4) is 0 Å². The highest BCUT2D eigenvalue weighted by Gasteiger charge is 2.51. The summed E-state index contributed by atoms with van der Waals surface area (Å²) < 4.78 is 25.0. The second-order valence-corrected chi connectivity index (χ2v) is 11.9. The molecule has 250 valence electrons. The number of hydrogen-bond donors (Lipinski definition) is 6. The van der Waals surface area contributed by atoms with E-state index in [0.717, 1.165) is 0 Å². The number of aliphatic hydroxyl groups is 4. The van der Waals surface area contributed by atoms with Crippen LogP contribution in [0, 0.1) is 11.7 Å². The zero-order valence-electron chi connectivity index (χ0n) is 25.4. The van der Waals surface area contributed by atoms with Crippen molar-refractivity contribution in [3.63, 3.8) is 0 Å². The van der Waals surface area contributed by atoms with Crippen LogP contribution in [0.1, 0.15) is 36.1 Å². The van der Waals surface area contributed by atoms with E-state index in [9.17, 15) is 44.6 Å². The van der Waals surface area contributed by atoms with Crippen molar-refractivity contribution in [2.24, 2.45) is 5.92 Å². The molecule has 6 N–H and O–H groups in total. The van der Waals surface area contributed by atoms with Gasteiger partial charge >= 0.3 is 5.97 Å². The number of carboxylic acid groups (broad SMARTS) is 1. The third kappa shape index (κ3) is 6.48. The molecule has 6 rings (SSSR count). The molecule has 0 bridgehead atoms. The summed E-state index contributed by atoms with van der Waals surface area (Å²) in [5.74, 6) is -2.81. The van der Waals surface area contributed by atoms with Gasteiger partial charge in [0.1, 0.15) is 35.6 Å². The van der Waals surface area contributed by atoms with E-state index in [0.29, 0.717) is 27.9 Å². The van der Waals surface area contributed by atoms with Crippen LogP contribution in [-0.2, 0) is 14.3 Å². The number of hydrogen-bond acceptors (Lipinski definition) is 9. The predicted octanol–water partition coefficient (Wildman–Crippen LogP) is 3.69. The standard InChI is InChI=1S/C36H34FNO10/c37-22-12-9-19(10-13-22)27(40)16-15-26-29(38(34(26)44)23-6-2-1-3-7-23)25-14-11-21(20-5-4-8-24(39)17-20)18-28(25)47-36-32(43)30(41)31(42)33(48-36)35(45)46/h1-14,17-18,26-27,29-33,36,39-43H,15-16H2,(H,45,46)/t26-,27+,29-,30+,31+,32?,33?,36-/m1/s1. The molecular formula is C36H34FNO10. The smallest absolute Gasteiger partial charge is 0.335 e. The molecule has 12 heteroatoms. The van der Waals surface area contributed by atoms with Gasteiger partial charge in [-0.15, -0.1) is 0 Å². The first kappa shape index (κ1) is 33.1. The SMILES string of the molecule is O=C(O)C1O[C@@H](Oc2cc(-c3cccc(O)c3)ccc2[C@@H]2[C@@H](CC[C@H](O)c3ccc(F)cc3)C(=O)N2c2ccccc2)C(O)[C@@H](O)[C@@H]1O. The van der Waals surface area contributed by atoms with Crippen molar-refractivity contribution >= 4 is 17.6 Å². The quantitative estimate of drug-likeness (QED) is 0.138. The van der Waals surface area contributed by atoms with Crippen LogP contribution >= 0.6 is 0 Å². The molecular weight excluding hydrogens is 625 g/mol. The summed E-state index contributed by atoms with van der Waals surface area (Å²) in [6.45, 7) is 0. The van der Waals surface area contributed by atoms with Crippen LogP contribution < -0.4 is 9.64 Å². The van der Waals surface area contributed by atoms with E-state index in [4.69, 9.17) is 9.47 Å². The lowest BCUT2D eigenvalue weighted by Gasteiger charge is -2.48. The van der Waals surface area contributed by atoms with E-state index < -0.39 is 60.6 Å². The van der Waals surface area contributed by atoms with Crippen LogP contribution in [0.2, 0.25) is 0 Å². The van der Waals surface area contributed by atoms with Gasteiger partial charge in [0.15, 0.2) is 6.10 Å². The van der Waals surface area contributed by atoms with E-state index >= 15 is 0 Å². The Balaban J connectivity index is 1.39. The number of halogens is 1. The van der Waals surface area contributed by atoms with Crippen molar-refractivity contribution in [2.45, 2.75) is 55.7 Å². The average Bonchev–Trinajstić information content (AvgIpc) is 3.08. The Bertz CT molecular complexity index is 1770. The Labute approximate surface area is 274 Å². The number of rotatable bonds is 10. The zero-order chi connectivity index (χ0) is 34.1. The molecule has 2 heterocycles. The lowest BCUT2D eigenvalue weighted by molar-refractivity contribution is -0.271. The van der Waals surface area contributed by atoms with Crippen molar-refractivity contribution < 1.29 is 54.1 Å². The summed E-state index contributed by atoms with van der Waals surface area (Å²) in [4.78, 5) is 27.1. The van der Waals surface area contributed by atoms with Gasteiger partial charge in [-0.25, -0.2) is 9.18 Å². The number of carbonyl (C=O) groups is 2. The summed E-state index contributed by atoms with van der Waals surface area (Å²) in [7, 11) is 0. The monoisotopic (exact) mass is 659 g/mol. The Morgan fingerprint density at radius 3 is 2.27 bits per heavy atom. The summed E-state index contributed by atoms with van der Waals surface area (Å²) in [6, 6.07) is 25.1. The molecule has 2 fully saturated rings. The largest absolute Gasteiger partial charge is 0.508 e. The lowest BCUT2D eigenvalue weighted by Crippen LogP contribution is -2.61. The molecule has 2 aliphatic rings. The van der Waals surface area contributed by atoms with E-state index in [1.807, 2.05) is 0 Å². The number of para-hydroxylation sites is 1. The van der Waals surface area contributed by atoms with E-state index in [2.05, 4.69) is 0 Å². The van der Waals surface area contributed by atoms with Crippen LogP contribution in [0.15, 0.2) is 97.1 Å². The second-order valence-electron chi connectivity index (χ2n) is 11.9. The first-order chi connectivity index (χ1) is 23.0. The minimum atomic E-state index is -1.93. The summed E-state index contributed by atoms with van der Waals surface area (Å²) >= 11 is 0. The number of aromatic hydroxyl groups is 1. The average molecular weight is 660 g/mol. The second kappa shape index (κ2) is 13.7. The normalized spacial score (nSPS) is 26.1. The number of phenols is 1. The highest BCUT2D eigenvalue weighted by Crippen LogP contribution is 2.49. The Hall–Kier alpha value is -4.85. The third-order valence-electron chi connectivity index (χ3n) is 8.82. The molecule has 2 unspecified atom stereocenters. The molecule has 1 amide bonds. The molecule has 4 aromatic rings. The van der Waals surface area contributed by atoms with Crippen LogP contribution in [0.5, 0.6) is 11.5 Å². The molecule has 0 spiro atoms. The maximum Gasteiger partial charge on any atom is 0.335 e. The van der Waals surface area contributed by atoms with Gasteiger partial charge in [-0.1, -0.05) is 54.6 Å². The molecule has 2 aliphatic heterocycles. The first-order valence-electron chi connectivity index (χ1n) is 15.4. The predicted molar refractivity (Wildman–Crippen MR) is 169 cm³/mol. The molecule has 48 heavy (non-hydrogen) atoms. The first-order valence-corrected chi connectivity index (χ1v) is 15.4. The minimum Gasteiger partial charge on any atom is -0.508 e. The van der Waals surface area contributed by atoms with E-state index in [-0.39, 0.29) is 30.2 Å². The van der Waals surface area contributed by atoms with E-state index in [1.54, 1.807) is 65.6 Å². The fourth-order valence-electron chi connectivity index (χ4n) is 6.27. The Kier molecular flexibility index (Phi) is 9.45. The van der Waals surface area contributed by atoms with E-state index in [1.165, 1.54) is 36.4 Å². The van der Waals surface area contributed by atoms with Crippen molar-refractivity contribution in [3.05, 3.63) is 114 Å². The van der Waals surface area contributed by atoms with Gasteiger partial charge in [0.25, 0.3) is 0 Å². The highest BCUT2D eigenvalue weighted by atomic mass is 19.1. The summed E-state index contributed by atoms with van der Waals surface area (Å²) in [5.41, 5.74) is 2.69. The number of ether oxygens (including phenoxy) is 2. The number of carbonyl (C=O) groups excluding carboxylic acids is 1. The molecule has 0 radical (unpaired) electrons. The number of phenolic OH excluding ortho intramolecular Hbond substituents is 1. The van der Waals surface area contributed by atoms with Gasteiger partial charge in [-0.2, -0.15) is 0 Å². The molecule has 11 nitrogen and oxygen atoms in total. The zero-order valence-corrected chi connectivity index (χ0v) is 25.4. The molecule has 2 saturated heterocycles. The third-order valence-corrected chi connectivity index (χ3v) is 8.82. The fraction of sp³-hybridized carbons (Fsp3) is 0.278. The Morgan fingerprint density at radius 1 is 0.875 bits per heavy atom. The van der Waals surface area contributed by atoms with Crippen molar-refractivity contribution in [1.29, 1.82) is 0 Å². The molecule has 8 atom stereocenters. The Morgan fingerprint density at radius 2 is 1.58 bits per heavy atom. The van der Waals surface area contributed by atoms with Crippen LogP contribution in [-0.4, -0.2) is 73.2 Å². The van der Waals surface area contributed by atoms with Crippen molar-refractivity contribution in [1.82, 2.24) is 0 Å². The molecule has 0 aliphatic carbocycles. The number of nitrogens with zero attached hydrogens (tertiary/aromatic N) is 1. The minimum absolute atomic E-state index is 0.00566. The summed E-state index contributed by atoms with van der Waals surface area (Å²) in [5, 5.41) is 62.0. The summed E-state index contributed by atoms with van der Waals surface area (Å²) in [6.07, 6.45) is -9.88. The number of benzene rings is 4. The van der Waals surface area contributed by atoms with Gasteiger partial charge < -0.3 is 45.0 Å². The maximum absolute atomic E-state index is 13.8. The van der Waals surface area contributed by atoms with Crippen LogP contribution in [0.25, 0.3) is 11.1 Å². The number of aliphatic hydroxyl groups excluding tert-OH is 4. The number of carboxylic acids is 1. The van der Waals surface area contributed by atoms with Crippen molar-refractivity contribution in [3.8, 4) is 22.6 Å². The molecule has 0 saturated carbocycles. The highest BCUT2D eigenvalue weighted by molar-refractivity contribution is 6.03. The van der Waals surface area contributed by atoms with Crippen molar-refractivity contribution in [2.75, 3.05) is 4.90 Å². The van der Waals surface area contributed by atoms with Gasteiger partial charge in [0.2, 0.25) is 12.2 Å². The lowest BCUT2D eigenvalue weighted by atomic mass is 9.77. The van der Waals surface area contributed by atoms with Gasteiger partial charge in [0, 0.05) is 11.3 Å². The van der Waals surface area contributed by atoms with Gasteiger partial charge in [-0.3, -0.25) is 4.79 Å². The number of aliphatic carboxylic acids is 1. The topological polar surface area (TPSA) is 177 Å².